The molecule has 0 saturated carbocycles. The Hall–Kier alpha value is -6.65. The van der Waals surface area contributed by atoms with Gasteiger partial charge in [-0.25, -0.2) is 9.97 Å². The summed E-state index contributed by atoms with van der Waals surface area (Å²) in [6, 6.07) is 57.7. The summed E-state index contributed by atoms with van der Waals surface area (Å²) in [5.74, 6) is 0.632. The summed E-state index contributed by atoms with van der Waals surface area (Å²) < 4.78 is 2.23. The zero-order valence-electron chi connectivity index (χ0n) is 26.5. The molecule has 0 radical (unpaired) electrons. The normalized spacial score (nSPS) is 11.7. The van der Waals surface area contributed by atoms with E-state index in [1.54, 1.807) is 0 Å². The summed E-state index contributed by atoms with van der Waals surface area (Å²) in [5.41, 5.74) is 9.16. The maximum Gasteiger partial charge on any atom is 0.235 e. The minimum atomic E-state index is 0.632. The lowest BCUT2D eigenvalue weighted by Crippen LogP contribution is -2.03. The fraction of sp³-hybridized carbons (Fsp3) is 0. The second kappa shape index (κ2) is 11.0. The molecule has 0 N–H and O–H groups in total. The lowest BCUT2D eigenvalue weighted by molar-refractivity contribution is 1.01. The van der Waals surface area contributed by atoms with Gasteiger partial charge < -0.3 is 0 Å². The Morgan fingerprint density at radius 2 is 1.06 bits per heavy atom. The van der Waals surface area contributed by atoms with Crippen molar-refractivity contribution in [1.29, 1.82) is 0 Å². The molecule has 0 aliphatic carbocycles. The molecule has 0 saturated heterocycles. The number of nitrogens with zero attached hydrogens (tertiary/aromatic N) is 4. The summed E-state index contributed by atoms with van der Waals surface area (Å²) in [6.07, 6.45) is 1.94. The molecule has 4 heteroatoms. The van der Waals surface area contributed by atoms with Gasteiger partial charge in [0.15, 0.2) is 0 Å². The van der Waals surface area contributed by atoms with Crippen LogP contribution < -0.4 is 0 Å². The second-order valence-electron chi connectivity index (χ2n) is 12.5. The molecule has 0 amide bonds. The maximum atomic E-state index is 5.35. The van der Waals surface area contributed by atoms with Crippen LogP contribution in [0.25, 0.3) is 93.8 Å². The number of fused-ring (bicyclic) bond motifs is 6. The van der Waals surface area contributed by atoms with E-state index < -0.39 is 0 Å². The van der Waals surface area contributed by atoms with Crippen LogP contribution in [-0.2, 0) is 0 Å². The topological polar surface area (TPSA) is 43.6 Å². The summed E-state index contributed by atoms with van der Waals surface area (Å²) in [7, 11) is 0. The average Bonchev–Trinajstić information content (AvgIpc) is 3.49. The molecule has 3 aromatic heterocycles. The molecule has 0 fully saturated rings. The highest BCUT2D eigenvalue weighted by atomic mass is 15.2. The van der Waals surface area contributed by atoms with Gasteiger partial charge in [-0.15, -0.1) is 0 Å². The van der Waals surface area contributed by atoms with Crippen molar-refractivity contribution in [1.82, 2.24) is 19.5 Å². The Morgan fingerprint density at radius 3 is 1.88 bits per heavy atom. The van der Waals surface area contributed by atoms with Crippen LogP contribution in [-0.4, -0.2) is 19.5 Å². The third kappa shape index (κ3) is 4.57. The van der Waals surface area contributed by atoms with Crippen molar-refractivity contribution in [3.63, 3.8) is 0 Å². The van der Waals surface area contributed by atoms with Crippen LogP contribution in [0.4, 0.5) is 0 Å². The molecule has 4 nitrogen and oxygen atoms in total. The van der Waals surface area contributed by atoms with Crippen molar-refractivity contribution < 1.29 is 0 Å². The summed E-state index contributed by atoms with van der Waals surface area (Å²) >= 11 is 0. The molecule has 10 aromatic rings. The van der Waals surface area contributed by atoms with Gasteiger partial charge in [0.05, 0.1) is 27.9 Å². The molecule has 0 bridgehead atoms. The molecule has 0 aliphatic heterocycles. The molecule has 0 atom stereocenters. The third-order valence-electron chi connectivity index (χ3n) is 9.61. The quantitative estimate of drug-likeness (QED) is 0.196. The Kier molecular flexibility index (Phi) is 6.15. The Labute approximate surface area is 282 Å². The first-order valence-corrected chi connectivity index (χ1v) is 16.5. The van der Waals surface area contributed by atoms with Crippen molar-refractivity contribution in [2.45, 2.75) is 0 Å². The molecule has 49 heavy (non-hydrogen) atoms. The van der Waals surface area contributed by atoms with Gasteiger partial charge in [0.25, 0.3) is 0 Å². The van der Waals surface area contributed by atoms with Crippen LogP contribution in [0.2, 0.25) is 0 Å². The van der Waals surface area contributed by atoms with Crippen LogP contribution in [0.3, 0.4) is 0 Å². The van der Waals surface area contributed by atoms with Crippen LogP contribution in [0.5, 0.6) is 0 Å². The van der Waals surface area contributed by atoms with Crippen molar-refractivity contribution in [3.8, 4) is 39.6 Å². The predicted molar refractivity (Wildman–Crippen MR) is 203 cm³/mol. The Balaban J connectivity index is 1.20. The molecular formula is C45H28N4. The van der Waals surface area contributed by atoms with Gasteiger partial charge in [-0.05, 0) is 75.1 Å². The number of para-hydroxylation sites is 1. The van der Waals surface area contributed by atoms with Crippen molar-refractivity contribution in [2.75, 3.05) is 0 Å². The minimum absolute atomic E-state index is 0.632. The molecule has 0 unspecified atom stereocenters. The fourth-order valence-electron chi connectivity index (χ4n) is 7.17. The molecule has 7 aromatic carbocycles. The lowest BCUT2D eigenvalue weighted by Gasteiger charge is -2.12. The van der Waals surface area contributed by atoms with Crippen molar-refractivity contribution >= 4 is 54.3 Å². The summed E-state index contributed by atoms with van der Waals surface area (Å²) in [5, 5.41) is 8.13. The van der Waals surface area contributed by atoms with E-state index in [2.05, 4.69) is 156 Å². The Morgan fingerprint density at radius 1 is 0.388 bits per heavy atom. The molecule has 10 rings (SSSR count). The largest absolute Gasteiger partial charge is 0.278 e. The monoisotopic (exact) mass is 624 g/mol. The number of hydrogen-bond donors (Lipinski definition) is 0. The van der Waals surface area contributed by atoms with E-state index in [1.165, 1.54) is 37.9 Å². The number of benzene rings is 7. The van der Waals surface area contributed by atoms with Gasteiger partial charge in [-0.2, -0.15) is 0 Å². The van der Waals surface area contributed by atoms with E-state index in [9.17, 15) is 0 Å². The van der Waals surface area contributed by atoms with Crippen LogP contribution in [0, 0.1) is 0 Å². The van der Waals surface area contributed by atoms with Crippen molar-refractivity contribution in [3.05, 3.63) is 170 Å². The third-order valence-corrected chi connectivity index (χ3v) is 9.61. The number of aromatic nitrogens is 4. The van der Waals surface area contributed by atoms with Crippen LogP contribution >= 0.6 is 0 Å². The highest BCUT2D eigenvalue weighted by Gasteiger charge is 2.19. The van der Waals surface area contributed by atoms with E-state index in [1.807, 2.05) is 18.3 Å². The average molecular weight is 625 g/mol. The molecule has 228 valence electrons. The fourth-order valence-corrected chi connectivity index (χ4v) is 7.17. The van der Waals surface area contributed by atoms with E-state index >= 15 is 0 Å². The van der Waals surface area contributed by atoms with Crippen LogP contribution in [0.1, 0.15) is 0 Å². The molecular weight excluding hydrogens is 597 g/mol. The van der Waals surface area contributed by atoms with Gasteiger partial charge in [0.2, 0.25) is 5.95 Å². The van der Waals surface area contributed by atoms with Gasteiger partial charge in [0.1, 0.15) is 0 Å². The zero-order chi connectivity index (χ0) is 32.3. The highest BCUT2D eigenvalue weighted by molar-refractivity contribution is 6.14. The van der Waals surface area contributed by atoms with Gasteiger partial charge >= 0.3 is 0 Å². The standard InChI is InChI=1S/C45H28N4/c1-2-10-29(11-3-1)34-20-22-37-39-25-32-14-6-7-15-33(32)26-43(39)49(42(37)27-34)45-47-41-17-9-8-16-38(41)44(48-45)36-21-23-40(46-28-36)35-19-18-30-12-4-5-13-31(30)24-35/h1-28H. The highest BCUT2D eigenvalue weighted by Crippen LogP contribution is 2.38. The summed E-state index contributed by atoms with van der Waals surface area (Å²) in [6.45, 7) is 0. The van der Waals surface area contributed by atoms with Crippen molar-refractivity contribution in [2.24, 2.45) is 0 Å². The second-order valence-corrected chi connectivity index (χ2v) is 12.5. The number of rotatable bonds is 4. The molecule has 0 spiro atoms. The zero-order valence-corrected chi connectivity index (χ0v) is 26.5. The number of hydrogen-bond acceptors (Lipinski definition) is 3. The van der Waals surface area contributed by atoms with Gasteiger partial charge in [-0.3, -0.25) is 9.55 Å². The van der Waals surface area contributed by atoms with E-state index in [0.717, 1.165) is 50.0 Å². The van der Waals surface area contributed by atoms with Crippen LogP contribution in [0.15, 0.2) is 170 Å². The molecule has 3 heterocycles. The smallest absolute Gasteiger partial charge is 0.235 e. The number of pyridine rings is 1. The first-order valence-electron chi connectivity index (χ1n) is 16.5. The van der Waals surface area contributed by atoms with E-state index in [4.69, 9.17) is 15.0 Å². The van der Waals surface area contributed by atoms with E-state index in [0.29, 0.717) is 5.95 Å². The maximum absolute atomic E-state index is 5.35. The first-order chi connectivity index (χ1) is 24.3. The summed E-state index contributed by atoms with van der Waals surface area (Å²) in [4.78, 5) is 15.5. The predicted octanol–water partition coefficient (Wildman–Crippen LogP) is 11.4. The Bertz CT molecular complexity index is 2870. The SMILES string of the molecule is c1ccc(-c2ccc3c4cc5ccccc5cc4n(-c4nc(-c5ccc(-c6ccc7ccccc7c6)nc5)c5ccccc5n4)c3c2)cc1. The van der Waals surface area contributed by atoms with Gasteiger partial charge in [-0.1, -0.05) is 121 Å². The van der Waals surface area contributed by atoms with Gasteiger partial charge in [0, 0.05) is 33.5 Å². The molecule has 0 aliphatic rings. The first kappa shape index (κ1) is 27.5. The minimum Gasteiger partial charge on any atom is -0.278 e. The lowest BCUT2D eigenvalue weighted by atomic mass is 10.0. The van der Waals surface area contributed by atoms with E-state index in [-0.39, 0.29) is 0 Å².